The van der Waals surface area contributed by atoms with Crippen molar-refractivity contribution in [3.8, 4) is 0 Å². The number of amides is 1. The molecule has 1 atom stereocenters. The first-order chi connectivity index (χ1) is 9.65. The molecule has 0 spiro atoms. The normalized spacial score (nSPS) is 21.9. The average molecular weight is 279 g/mol. The van der Waals surface area contributed by atoms with Crippen molar-refractivity contribution in [1.29, 1.82) is 0 Å². The van der Waals surface area contributed by atoms with Crippen molar-refractivity contribution in [2.75, 3.05) is 33.5 Å². The van der Waals surface area contributed by atoms with E-state index in [1.807, 2.05) is 18.2 Å². The molecule has 2 heterocycles. The Hall–Kier alpha value is -1.50. The van der Waals surface area contributed by atoms with E-state index in [0.29, 0.717) is 32.7 Å². The number of nitrogens with zero attached hydrogens (tertiary/aromatic N) is 2. The van der Waals surface area contributed by atoms with E-state index in [0.717, 1.165) is 5.69 Å². The van der Waals surface area contributed by atoms with Gasteiger partial charge in [-0.1, -0.05) is 6.07 Å². The van der Waals surface area contributed by atoms with Crippen molar-refractivity contribution >= 4 is 5.91 Å². The third-order valence-corrected chi connectivity index (χ3v) is 3.41. The van der Waals surface area contributed by atoms with Gasteiger partial charge in [0.15, 0.2) is 0 Å². The number of hydrogen-bond acceptors (Lipinski definition) is 5. The van der Waals surface area contributed by atoms with Gasteiger partial charge in [-0.15, -0.1) is 0 Å². The Morgan fingerprint density at radius 1 is 1.60 bits per heavy atom. The Morgan fingerprint density at radius 3 is 3.05 bits per heavy atom. The van der Waals surface area contributed by atoms with Gasteiger partial charge in [0.05, 0.1) is 25.5 Å². The van der Waals surface area contributed by atoms with Crippen LogP contribution in [0.3, 0.4) is 0 Å². The molecule has 0 aromatic carbocycles. The zero-order valence-electron chi connectivity index (χ0n) is 11.7. The maximum Gasteiger partial charge on any atom is 0.245 e. The molecular formula is C14H21N3O3. The van der Waals surface area contributed by atoms with Crippen LogP contribution < -0.4 is 5.73 Å². The Bertz CT molecular complexity index is 433. The minimum Gasteiger partial charge on any atom is -0.383 e. The summed E-state index contributed by atoms with van der Waals surface area (Å²) in [6, 6.07) is 5.64. The van der Waals surface area contributed by atoms with Crippen molar-refractivity contribution in [3.05, 3.63) is 30.1 Å². The third-order valence-electron chi connectivity index (χ3n) is 3.41. The Balaban J connectivity index is 2.08. The number of carbonyl (C=O) groups is 1. The molecule has 1 aliphatic heterocycles. The summed E-state index contributed by atoms with van der Waals surface area (Å²) in [5, 5.41) is 0. The predicted molar refractivity (Wildman–Crippen MR) is 73.9 cm³/mol. The number of hydrogen-bond donors (Lipinski definition) is 1. The molecule has 2 rings (SSSR count). The highest BCUT2D eigenvalue weighted by molar-refractivity contribution is 5.86. The molecule has 20 heavy (non-hydrogen) atoms. The summed E-state index contributed by atoms with van der Waals surface area (Å²) in [4.78, 5) is 18.6. The summed E-state index contributed by atoms with van der Waals surface area (Å²) in [6.07, 6.45) is 2.27. The smallest absolute Gasteiger partial charge is 0.245 e. The number of carbonyl (C=O) groups excluding carboxylic acids is 1. The molecule has 0 aliphatic carbocycles. The van der Waals surface area contributed by atoms with Gasteiger partial charge in [-0.3, -0.25) is 9.78 Å². The fourth-order valence-electron chi connectivity index (χ4n) is 2.21. The van der Waals surface area contributed by atoms with Crippen molar-refractivity contribution in [1.82, 2.24) is 9.88 Å². The average Bonchev–Trinajstić information content (AvgIpc) is 2.92. The van der Waals surface area contributed by atoms with Crippen molar-refractivity contribution in [3.63, 3.8) is 0 Å². The van der Waals surface area contributed by atoms with E-state index in [1.54, 1.807) is 18.2 Å². The molecule has 0 bridgehead atoms. The lowest BCUT2D eigenvalue weighted by Gasteiger charge is -2.30. The van der Waals surface area contributed by atoms with Crippen LogP contribution >= 0.6 is 0 Å². The summed E-state index contributed by atoms with van der Waals surface area (Å²) in [7, 11) is 1.61. The van der Waals surface area contributed by atoms with E-state index in [2.05, 4.69) is 4.98 Å². The SMILES string of the molecule is COCCN(Cc1ccccn1)C(=O)C1(N)CCOC1. The van der Waals surface area contributed by atoms with Crippen LogP contribution in [0.4, 0.5) is 0 Å². The maximum atomic E-state index is 12.6. The fraction of sp³-hybridized carbons (Fsp3) is 0.571. The minimum atomic E-state index is -0.914. The molecule has 1 fully saturated rings. The molecule has 1 saturated heterocycles. The van der Waals surface area contributed by atoms with Gasteiger partial charge in [-0.05, 0) is 18.6 Å². The summed E-state index contributed by atoms with van der Waals surface area (Å²) in [6.45, 7) is 2.20. The van der Waals surface area contributed by atoms with E-state index in [1.165, 1.54) is 0 Å². The molecule has 0 radical (unpaired) electrons. The standard InChI is InChI=1S/C14H21N3O3/c1-19-9-7-17(10-12-4-2-3-6-16-12)13(18)14(15)5-8-20-11-14/h2-4,6H,5,7-11,15H2,1H3. The first-order valence-corrected chi connectivity index (χ1v) is 6.70. The zero-order chi connectivity index (χ0) is 14.4. The van der Waals surface area contributed by atoms with Crippen LogP contribution in [-0.4, -0.2) is 54.8 Å². The Kier molecular flexibility index (Phi) is 5.05. The lowest BCUT2D eigenvalue weighted by molar-refractivity contribution is -0.138. The fourth-order valence-corrected chi connectivity index (χ4v) is 2.21. The topological polar surface area (TPSA) is 77.7 Å². The molecule has 1 unspecified atom stereocenters. The summed E-state index contributed by atoms with van der Waals surface area (Å²) >= 11 is 0. The van der Waals surface area contributed by atoms with Crippen LogP contribution in [0.2, 0.25) is 0 Å². The number of ether oxygens (including phenoxy) is 2. The van der Waals surface area contributed by atoms with Gasteiger partial charge in [-0.25, -0.2) is 0 Å². The van der Waals surface area contributed by atoms with Crippen LogP contribution in [0.5, 0.6) is 0 Å². The Labute approximate surface area is 118 Å². The highest BCUT2D eigenvalue weighted by Gasteiger charge is 2.41. The van der Waals surface area contributed by atoms with Gasteiger partial charge in [0.25, 0.3) is 0 Å². The lowest BCUT2D eigenvalue weighted by Crippen LogP contribution is -2.56. The minimum absolute atomic E-state index is 0.0993. The van der Waals surface area contributed by atoms with Crippen molar-refractivity contribution in [2.24, 2.45) is 5.73 Å². The van der Waals surface area contributed by atoms with Crippen LogP contribution in [0, 0.1) is 0 Å². The first-order valence-electron chi connectivity index (χ1n) is 6.70. The lowest BCUT2D eigenvalue weighted by atomic mass is 9.98. The maximum absolute atomic E-state index is 12.6. The molecular weight excluding hydrogens is 258 g/mol. The van der Waals surface area contributed by atoms with Crippen molar-refractivity contribution < 1.29 is 14.3 Å². The molecule has 6 nitrogen and oxygen atoms in total. The Morgan fingerprint density at radius 2 is 2.45 bits per heavy atom. The number of aromatic nitrogens is 1. The molecule has 110 valence electrons. The van der Waals surface area contributed by atoms with Gasteiger partial charge in [0, 0.05) is 26.5 Å². The zero-order valence-corrected chi connectivity index (χ0v) is 11.7. The van der Waals surface area contributed by atoms with Crippen LogP contribution in [0.15, 0.2) is 24.4 Å². The predicted octanol–water partition coefficient (Wildman–Crippen LogP) is 0.174. The number of pyridine rings is 1. The molecule has 1 aliphatic rings. The quantitative estimate of drug-likeness (QED) is 0.803. The van der Waals surface area contributed by atoms with Crippen LogP contribution in [0.25, 0.3) is 0 Å². The molecule has 1 aromatic rings. The van der Waals surface area contributed by atoms with Crippen LogP contribution in [-0.2, 0) is 20.8 Å². The second kappa shape index (κ2) is 6.78. The van der Waals surface area contributed by atoms with Gasteiger partial charge in [0.1, 0.15) is 5.54 Å². The monoisotopic (exact) mass is 279 g/mol. The highest BCUT2D eigenvalue weighted by atomic mass is 16.5. The molecule has 6 heteroatoms. The van der Waals surface area contributed by atoms with E-state index in [-0.39, 0.29) is 12.5 Å². The summed E-state index contributed by atoms with van der Waals surface area (Å²) in [5.74, 6) is -0.0993. The van der Waals surface area contributed by atoms with Gasteiger partial charge in [-0.2, -0.15) is 0 Å². The third kappa shape index (κ3) is 3.53. The summed E-state index contributed by atoms with van der Waals surface area (Å²) < 4.78 is 10.3. The van der Waals surface area contributed by atoms with Gasteiger partial charge in [0.2, 0.25) is 5.91 Å². The number of rotatable bonds is 6. The molecule has 1 amide bonds. The highest BCUT2D eigenvalue weighted by Crippen LogP contribution is 2.19. The number of methoxy groups -OCH3 is 1. The van der Waals surface area contributed by atoms with Gasteiger partial charge < -0.3 is 20.1 Å². The number of nitrogens with two attached hydrogens (primary N) is 1. The van der Waals surface area contributed by atoms with E-state index in [4.69, 9.17) is 15.2 Å². The van der Waals surface area contributed by atoms with Crippen molar-refractivity contribution in [2.45, 2.75) is 18.5 Å². The second-order valence-electron chi connectivity index (χ2n) is 5.00. The molecule has 0 saturated carbocycles. The molecule has 2 N–H and O–H groups in total. The van der Waals surface area contributed by atoms with E-state index in [9.17, 15) is 4.79 Å². The van der Waals surface area contributed by atoms with Gasteiger partial charge >= 0.3 is 0 Å². The van der Waals surface area contributed by atoms with E-state index >= 15 is 0 Å². The van der Waals surface area contributed by atoms with Crippen LogP contribution in [0.1, 0.15) is 12.1 Å². The first kappa shape index (κ1) is 14.9. The summed E-state index contributed by atoms with van der Waals surface area (Å²) in [5.41, 5.74) is 6.07. The van der Waals surface area contributed by atoms with E-state index < -0.39 is 5.54 Å². The largest absolute Gasteiger partial charge is 0.383 e. The second-order valence-corrected chi connectivity index (χ2v) is 5.00. The molecule has 1 aromatic heterocycles.